The fourth-order valence-electron chi connectivity index (χ4n) is 2.84. The SMILES string of the molecule is CN=C(NCCCCC1CCCC1)NCCOCCS(C)(=O)=O.I. The molecule has 0 atom stereocenters. The minimum absolute atomic E-state index is 0. The zero-order chi connectivity index (χ0) is 17.0. The first-order valence-electron chi connectivity index (χ1n) is 8.71. The van der Waals surface area contributed by atoms with Crippen LogP contribution in [0.25, 0.3) is 0 Å². The van der Waals surface area contributed by atoms with Crippen LogP contribution in [-0.4, -0.2) is 59.7 Å². The van der Waals surface area contributed by atoms with E-state index in [1.54, 1.807) is 7.05 Å². The number of nitrogens with zero attached hydrogens (tertiary/aromatic N) is 1. The van der Waals surface area contributed by atoms with Crippen LogP contribution in [0.3, 0.4) is 0 Å². The molecule has 24 heavy (non-hydrogen) atoms. The second kappa shape index (κ2) is 14.1. The van der Waals surface area contributed by atoms with Crippen molar-refractivity contribution in [1.29, 1.82) is 0 Å². The third-order valence-corrected chi connectivity index (χ3v) is 5.08. The lowest BCUT2D eigenvalue weighted by Crippen LogP contribution is -2.39. The molecule has 0 radical (unpaired) electrons. The monoisotopic (exact) mass is 475 g/mol. The molecule has 1 saturated carbocycles. The van der Waals surface area contributed by atoms with E-state index >= 15 is 0 Å². The zero-order valence-electron chi connectivity index (χ0n) is 15.1. The highest BCUT2D eigenvalue weighted by Crippen LogP contribution is 2.28. The maximum Gasteiger partial charge on any atom is 0.191 e. The Kier molecular flexibility index (Phi) is 14.1. The van der Waals surface area contributed by atoms with Crippen LogP contribution in [0.1, 0.15) is 44.9 Å². The summed E-state index contributed by atoms with van der Waals surface area (Å²) in [5, 5.41) is 6.46. The van der Waals surface area contributed by atoms with Gasteiger partial charge in [0, 0.05) is 26.4 Å². The highest BCUT2D eigenvalue weighted by Gasteiger charge is 2.13. The van der Waals surface area contributed by atoms with Gasteiger partial charge in [-0.25, -0.2) is 8.42 Å². The van der Waals surface area contributed by atoms with Crippen molar-refractivity contribution < 1.29 is 13.2 Å². The molecule has 8 heteroatoms. The highest BCUT2D eigenvalue weighted by molar-refractivity contribution is 14.0. The molecule has 0 bridgehead atoms. The number of hydrogen-bond donors (Lipinski definition) is 2. The average Bonchev–Trinajstić information content (AvgIpc) is 3.00. The fourth-order valence-corrected chi connectivity index (χ4v) is 3.26. The van der Waals surface area contributed by atoms with Gasteiger partial charge in [0.15, 0.2) is 5.96 Å². The Labute approximate surface area is 164 Å². The van der Waals surface area contributed by atoms with E-state index in [2.05, 4.69) is 15.6 Å². The molecule has 0 aromatic rings. The number of ether oxygens (including phenoxy) is 1. The van der Waals surface area contributed by atoms with Crippen molar-refractivity contribution in [3.05, 3.63) is 0 Å². The quantitative estimate of drug-likeness (QED) is 0.207. The van der Waals surface area contributed by atoms with Gasteiger partial charge in [0.25, 0.3) is 0 Å². The molecular formula is C16H34IN3O3S. The predicted octanol–water partition coefficient (Wildman–Crippen LogP) is 2.19. The molecule has 0 unspecified atom stereocenters. The third-order valence-electron chi connectivity index (χ3n) is 4.17. The van der Waals surface area contributed by atoms with Crippen molar-refractivity contribution in [2.45, 2.75) is 44.9 Å². The average molecular weight is 475 g/mol. The number of aliphatic imine (C=N–C) groups is 1. The number of nitrogens with one attached hydrogen (secondary N) is 2. The Morgan fingerprint density at radius 3 is 2.42 bits per heavy atom. The Morgan fingerprint density at radius 1 is 1.12 bits per heavy atom. The lowest BCUT2D eigenvalue weighted by atomic mass is 10.0. The Balaban J connectivity index is 0.00000529. The standard InChI is InChI=1S/C16H33N3O3S.HI/c1-17-16(19-11-12-22-13-14-23(2,20)21)18-10-6-5-9-15-7-3-4-8-15;/h15H,3-14H2,1-2H3,(H2,17,18,19);1H. The van der Waals surface area contributed by atoms with Crippen LogP contribution in [0.15, 0.2) is 4.99 Å². The van der Waals surface area contributed by atoms with E-state index in [1.807, 2.05) is 0 Å². The van der Waals surface area contributed by atoms with Crippen LogP contribution < -0.4 is 10.6 Å². The van der Waals surface area contributed by atoms with E-state index in [-0.39, 0.29) is 36.3 Å². The van der Waals surface area contributed by atoms with Gasteiger partial charge in [-0.1, -0.05) is 38.5 Å². The largest absolute Gasteiger partial charge is 0.379 e. The molecule has 1 fully saturated rings. The predicted molar refractivity (Wildman–Crippen MR) is 111 cm³/mol. The second-order valence-electron chi connectivity index (χ2n) is 6.31. The maximum absolute atomic E-state index is 10.9. The summed E-state index contributed by atoms with van der Waals surface area (Å²) in [6.45, 7) is 2.26. The molecule has 0 saturated heterocycles. The topological polar surface area (TPSA) is 79.8 Å². The van der Waals surface area contributed by atoms with Gasteiger partial charge >= 0.3 is 0 Å². The van der Waals surface area contributed by atoms with Crippen LogP contribution in [0.4, 0.5) is 0 Å². The van der Waals surface area contributed by atoms with Crippen molar-refractivity contribution >= 4 is 39.8 Å². The number of unbranched alkanes of at least 4 members (excludes halogenated alkanes) is 1. The number of halogens is 1. The summed E-state index contributed by atoms with van der Waals surface area (Å²) in [5.41, 5.74) is 0. The first-order chi connectivity index (χ1) is 11.0. The molecule has 0 amide bonds. The molecular weight excluding hydrogens is 441 g/mol. The summed E-state index contributed by atoms with van der Waals surface area (Å²) in [6.07, 6.45) is 10.7. The molecule has 1 rings (SSSR count). The number of rotatable bonds is 11. The lowest BCUT2D eigenvalue weighted by Gasteiger charge is -2.13. The third kappa shape index (κ3) is 13.2. The van der Waals surface area contributed by atoms with Crippen molar-refractivity contribution in [3.8, 4) is 0 Å². The van der Waals surface area contributed by atoms with Crippen LogP contribution >= 0.6 is 24.0 Å². The highest BCUT2D eigenvalue weighted by atomic mass is 127. The molecule has 1 aliphatic carbocycles. The number of sulfone groups is 1. The van der Waals surface area contributed by atoms with E-state index in [0.29, 0.717) is 13.2 Å². The van der Waals surface area contributed by atoms with Gasteiger partial charge in [0.1, 0.15) is 9.84 Å². The van der Waals surface area contributed by atoms with Gasteiger partial charge < -0.3 is 15.4 Å². The summed E-state index contributed by atoms with van der Waals surface area (Å²) in [7, 11) is -1.19. The van der Waals surface area contributed by atoms with E-state index in [0.717, 1.165) is 18.4 Å². The Morgan fingerprint density at radius 2 is 1.79 bits per heavy atom. The summed E-state index contributed by atoms with van der Waals surface area (Å²) in [4.78, 5) is 4.16. The first-order valence-corrected chi connectivity index (χ1v) is 10.8. The molecule has 2 N–H and O–H groups in total. The summed E-state index contributed by atoms with van der Waals surface area (Å²) in [6, 6.07) is 0. The minimum atomic E-state index is -2.94. The lowest BCUT2D eigenvalue weighted by molar-refractivity contribution is 0.154. The summed E-state index contributed by atoms with van der Waals surface area (Å²) in [5.74, 6) is 1.81. The summed E-state index contributed by atoms with van der Waals surface area (Å²) < 4.78 is 27.2. The zero-order valence-corrected chi connectivity index (χ0v) is 18.2. The molecule has 144 valence electrons. The smallest absolute Gasteiger partial charge is 0.191 e. The van der Waals surface area contributed by atoms with Gasteiger partial charge in [-0.05, 0) is 12.3 Å². The Bertz CT molecular complexity index is 438. The number of guanidine groups is 1. The molecule has 0 aromatic heterocycles. The second-order valence-corrected chi connectivity index (χ2v) is 8.57. The van der Waals surface area contributed by atoms with Crippen molar-refractivity contribution in [1.82, 2.24) is 10.6 Å². The number of hydrogen-bond acceptors (Lipinski definition) is 4. The molecule has 1 aliphatic rings. The molecule has 6 nitrogen and oxygen atoms in total. The van der Waals surface area contributed by atoms with Crippen molar-refractivity contribution in [2.75, 3.05) is 45.4 Å². The van der Waals surface area contributed by atoms with Gasteiger partial charge in [-0.3, -0.25) is 4.99 Å². The van der Waals surface area contributed by atoms with Gasteiger partial charge in [-0.2, -0.15) is 0 Å². The van der Waals surface area contributed by atoms with Crippen molar-refractivity contribution in [2.24, 2.45) is 10.9 Å². The van der Waals surface area contributed by atoms with Crippen molar-refractivity contribution in [3.63, 3.8) is 0 Å². The molecule has 0 spiro atoms. The van der Waals surface area contributed by atoms with E-state index in [4.69, 9.17) is 4.74 Å². The van der Waals surface area contributed by atoms with E-state index in [9.17, 15) is 8.42 Å². The van der Waals surface area contributed by atoms with Gasteiger partial charge in [0.05, 0.1) is 19.0 Å². The van der Waals surface area contributed by atoms with Gasteiger partial charge in [-0.15, -0.1) is 24.0 Å². The van der Waals surface area contributed by atoms with Crippen LogP contribution in [0.5, 0.6) is 0 Å². The fraction of sp³-hybridized carbons (Fsp3) is 0.938. The van der Waals surface area contributed by atoms with Crippen LogP contribution in [0, 0.1) is 5.92 Å². The molecule has 0 heterocycles. The van der Waals surface area contributed by atoms with Gasteiger partial charge in [0.2, 0.25) is 0 Å². The van der Waals surface area contributed by atoms with E-state index in [1.165, 1.54) is 51.2 Å². The van der Waals surface area contributed by atoms with Crippen LogP contribution in [0.2, 0.25) is 0 Å². The minimum Gasteiger partial charge on any atom is -0.379 e. The van der Waals surface area contributed by atoms with Crippen LogP contribution in [-0.2, 0) is 14.6 Å². The first kappa shape index (κ1) is 23.9. The maximum atomic E-state index is 10.9. The summed E-state index contributed by atoms with van der Waals surface area (Å²) >= 11 is 0. The molecule has 0 aliphatic heterocycles. The van der Waals surface area contributed by atoms with E-state index < -0.39 is 9.84 Å². The Hall–Kier alpha value is -0.0900. The normalized spacial score (nSPS) is 16.0. The molecule has 0 aromatic carbocycles.